The fraction of sp³-hybridized carbons (Fsp3) is 0.143. The lowest BCUT2D eigenvalue weighted by molar-refractivity contribution is 0.614. The normalized spacial score (nSPS) is 10.6. The Labute approximate surface area is 104 Å². The Kier molecular flexibility index (Phi) is 3.48. The van der Waals surface area contributed by atoms with Gasteiger partial charge in [0, 0.05) is 9.79 Å². The van der Waals surface area contributed by atoms with Crippen molar-refractivity contribution in [2.75, 3.05) is 0 Å². The van der Waals surface area contributed by atoms with Crippen molar-refractivity contribution in [1.29, 1.82) is 0 Å². The molecule has 0 heterocycles. The molecule has 2 rings (SSSR count). The van der Waals surface area contributed by atoms with E-state index in [2.05, 4.69) is 0 Å². The van der Waals surface area contributed by atoms with Crippen molar-refractivity contribution in [3.63, 3.8) is 0 Å². The lowest BCUT2D eigenvalue weighted by Gasteiger charge is -2.04. The average Bonchev–Trinajstić information content (AvgIpc) is 2.29. The van der Waals surface area contributed by atoms with Gasteiger partial charge in [0.2, 0.25) is 0 Å². The Morgan fingerprint density at radius 2 is 1.18 bits per heavy atom. The second-order valence-electron chi connectivity index (χ2n) is 3.92. The highest BCUT2D eigenvalue weighted by molar-refractivity contribution is 7.99. The molecule has 0 bridgehead atoms. The van der Waals surface area contributed by atoms with Crippen LogP contribution < -0.4 is 0 Å². The van der Waals surface area contributed by atoms with Gasteiger partial charge in [-0.3, -0.25) is 0 Å². The van der Waals surface area contributed by atoms with Gasteiger partial charge in [0.15, 0.2) is 0 Å². The standard InChI is InChI=1S/C14H12F2S/c1-9-3-5-11(7-13(9)15)17-12-6-4-10(2)14(16)8-12/h3-8H,1-2H3. The van der Waals surface area contributed by atoms with E-state index in [1.165, 1.54) is 23.9 Å². The van der Waals surface area contributed by atoms with Crippen LogP contribution in [-0.4, -0.2) is 0 Å². The van der Waals surface area contributed by atoms with Gasteiger partial charge in [-0.15, -0.1) is 0 Å². The zero-order valence-electron chi connectivity index (χ0n) is 9.63. The number of hydrogen-bond donors (Lipinski definition) is 0. The van der Waals surface area contributed by atoms with E-state index < -0.39 is 0 Å². The van der Waals surface area contributed by atoms with Crippen LogP contribution in [0.25, 0.3) is 0 Å². The van der Waals surface area contributed by atoms with Gasteiger partial charge in [-0.1, -0.05) is 23.9 Å². The summed E-state index contributed by atoms with van der Waals surface area (Å²) in [6, 6.07) is 10.1. The number of halogens is 2. The van der Waals surface area contributed by atoms with E-state index in [-0.39, 0.29) is 11.6 Å². The number of hydrogen-bond acceptors (Lipinski definition) is 1. The van der Waals surface area contributed by atoms with E-state index in [0.29, 0.717) is 11.1 Å². The molecule has 0 amide bonds. The minimum Gasteiger partial charge on any atom is -0.207 e. The van der Waals surface area contributed by atoms with Gasteiger partial charge in [0.1, 0.15) is 11.6 Å². The highest BCUT2D eigenvalue weighted by Gasteiger charge is 2.04. The molecule has 0 nitrogen and oxygen atoms in total. The lowest BCUT2D eigenvalue weighted by atomic mass is 10.2. The monoisotopic (exact) mass is 250 g/mol. The third-order valence-corrected chi connectivity index (χ3v) is 3.50. The fourth-order valence-corrected chi connectivity index (χ4v) is 2.28. The first-order valence-electron chi connectivity index (χ1n) is 5.26. The van der Waals surface area contributed by atoms with Crippen LogP contribution in [0.1, 0.15) is 11.1 Å². The summed E-state index contributed by atoms with van der Waals surface area (Å²) in [5.41, 5.74) is 1.23. The number of rotatable bonds is 2. The SMILES string of the molecule is Cc1ccc(Sc2ccc(C)c(F)c2)cc1F. The van der Waals surface area contributed by atoms with Crippen LogP contribution in [0.3, 0.4) is 0 Å². The molecule has 0 radical (unpaired) electrons. The van der Waals surface area contributed by atoms with Crippen LogP contribution in [0, 0.1) is 25.5 Å². The molecule has 2 aromatic rings. The van der Waals surface area contributed by atoms with Crippen molar-refractivity contribution in [3.8, 4) is 0 Å². The zero-order chi connectivity index (χ0) is 12.4. The Bertz CT molecular complexity index is 500. The van der Waals surface area contributed by atoms with Crippen molar-refractivity contribution in [2.24, 2.45) is 0 Å². The van der Waals surface area contributed by atoms with Crippen molar-refractivity contribution in [3.05, 3.63) is 59.2 Å². The van der Waals surface area contributed by atoms with Crippen molar-refractivity contribution in [2.45, 2.75) is 23.6 Å². The van der Waals surface area contributed by atoms with Gasteiger partial charge in [-0.25, -0.2) is 8.78 Å². The Morgan fingerprint density at radius 1 is 0.765 bits per heavy atom. The molecule has 0 aliphatic rings. The highest BCUT2D eigenvalue weighted by Crippen LogP contribution is 2.29. The van der Waals surface area contributed by atoms with Crippen molar-refractivity contribution in [1.82, 2.24) is 0 Å². The van der Waals surface area contributed by atoms with Gasteiger partial charge in [-0.05, 0) is 49.2 Å². The summed E-state index contributed by atoms with van der Waals surface area (Å²) >= 11 is 1.35. The zero-order valence-corrected chi connectivity index (χ0v) is 10.4. The molecule has 0 atom stereocenters. The molecule has 0 aromatic heterocycles. The number of aryl methyl sites for hydroxylation is 2. The third-order valence-electron chi connectivity index (χ3n) is 2.52. The molecule has 0 aliphatic carbocycles. The molecule has 88 valence electrons. The molecule has 0 N–H and O–H groups in total. The smallest absolute Gasteiger partial charge is 0.127 e. The maximum Gasteiger partial charge on any atom is 0.127 e. The average molecular weight is 250 g/mol. The van der Waals surface area contributed by atoms with Crippen LogP contribution >= 0.6 is 11.8 Å². The van der Waals surface area contributed by atoms with Crippen molar-refractivity contribution < 1.29 is 8.78 Å². The molecule has 0 saturated heterocycles. The van der Waals surface area contributed by atoms with E-state index in [1.807, 2.05) is 12.1 Å². The molecule has 0 aliphatic heterocycles. The molecular formula is C14H12F2S. The summed E-state index contributed by atoms with van der Waals surface area (Å²) in [4.78, 5) is 1.55. The minimum absolute atomic E-state index is 0.234. The van der Waals surface area contributed by atoms with E-state index in [4.69, 9.17) is 0 Å². The van der Waals surface area contributed by atoms with Crippen LogP contribution in [0.15, 0.2) is 46.2 Å². The fourth-order valence-electron chi connectivity index (χ4n) is 1.41. The maximum absolute atomic E-state index is 13.3. The molecule has 3 heteroatoms. The van der Waals surface area contributed by atoms with Crippen molar-refractivity contribution >= 4 is 11.8 Å². The predicted molar refractivity (Wildman–Crippen MR) is 66.4 cm³/mol. The second-order valence-corrected chi connectivity index (χ2v) is 5.07. The van der Waals surface area contributed by atoms with Gasteiger partial charge in [0.05, 0.1) is 0 Å². The summed E-state index contributed by atoms with van der Waals surface area (Å²) in [5, 5.41) is 0. The first-order valence-corrected chi connectivity index (χ1v) is 6.08. The summed E-state index contributed by atoms with van der Waals surface area (Å²) in [6.07, 6.45) is 0. The largest absolute Gasteiger partial charge is 0.207 e. The van der Waals surface area contributed by atoms with Gasteiger partial charge in [0.25, 0.3) is 0 Å². The van der Waals surface area contributed by atoms with E-state index >= 15 is 0 Å². The molecule has 0 spiro atoms. The third kappa shape index (κ3) is 2.86. The van der Waals surface area contributed by atoms with Gasteiger partial charge in [-0.2, -0.15) is 0 Å². The Hall–Kier alpha value is -1.35. The summed E-state index contributed by atoms with van der Waals surface area (Å²) in [6.45, 7) is 3.44. The first-order chi connectivity index (χ1) is 8.06. The van der Waals surface area contributed by atoms with Crippen LogP contribution in [-0.2, 0) is 0 Å². The summed E-state index contributed by atoms with van der Waals surface area (Å²) < 4.78 is 26.7. The summed E-state index contributed by atoms with van der Waals surface area (Å²) in [7, 11) is 0. The lowest BCUT2D eigenvalue weighted by Crippen LogP contribution is -1.84. The predicted octanol–water partition coefficient (Wildman–Crippen LogP) is 4.73. The van der Waals surface area contributed by atoms with E-state index in [9.17, 15) is 8.78 Å². The first kappa shape index (κ1) is 12.1. The number of benzene rings is 2. The Morgan fingerprint density at radius 3 is 1.53 bits per heavy atom. The minimum atomic E-state index is -0.234. The van der Waals surface area contributed by atoms with E-state index in [0.717, 1.165) is 9.79 Å². The van der Waals surface area contributed by atoms with Gasteiger partial charge >= 0.3 is 0 Å². The Balaban J connectivity index is 2.25. The van der Waals surface area contributed by atoms with E-state index in [1.54, 1.807) is 26.0 Å². The quantitative estimate of drug-likeness (QED) is 0.742. The van der Waals surface area contributed by atoms with Crippen LogP contribution in [0.2, 0.25) is 0 Å². The van der Waals surface area contributed by atoms with Crippen LogP contribution in [0.5, 0.6) is 0 Å². The van der Waals surface area contributed by atoms with Crippen LogP contribution in [0.4, 0.5) is 8.78 Å². The maximum atomic E-state index is 13.3. The topological polar surface area (TPSA) is 0 Å². The highest BCUT2D eigenvalue weighted by atomic mass is 32.2. The molecule has 2 aromatic carbocycles. The summed E-state index contributed by atoms with van der Waals surface area (Å²) in [5.74, 6) is -0.467. The molecule has 0 saturated carbocycles. The second kappa shape index (κ2) is 4.88. The van der Waals surface area contributed by atoms with Gasteiger partial charge < -0.3 is 0 Å². The molecule has 17 heavy (non-hydrogen) atoms. The molecule has 0 fully saturated rings. The molecule has 0 unspecified atom stereocenters. The molecular weight excluding hydrogens is 238 g/mol.